The summed E-state index contributed by atoms with van der Waals surface area (Å²) in [6.45, 7) is 6.05. The van der Waals surface area contributed by atoms with E-state index in [2.05, 4.69) is 37.4 Å². The number of carbonyl (C=O) groups excluding carboxylic acids is 1. The lowest BCUT2D eigenvalue weighted by molar-refractivity contribution is 0.100. The number of hydrogen-bond donors (Lipinski definition) is 3. The lowest BCUT2D eigenvalue weighted by Crippen LogP contribution is -2.44. The summed E-state index contributed by atoms with van der Waals surface area (Å²) in [7, 11) is 2.13. The van der Waals surface area contributed by atoms with E-state index in [1.165, 1.54) is 17.8 Å². The molecule has 0 unspecified atom stereocenters. The summed E-state index contributed by atoms with van der Waals surface area (Å²) in [5.74, 6) is -0.986. The van der Waals surface area contributed by atoms with Crippen LogP contribution < -0.4 is 21.3 Å². The zero-order chi connectivity index (χ0) is 23.5. The summed E-state index contributed by atoms with van der Waals surface area (Å²) in [5, 5.41) is 6.19. The largest absolute Gasteiger partial charge is 0.369 e. The first kappa shape index (κ1) is 22.8. The summed E-state index contributed by atoms with van der Waals surface area (Å²) >= 11 is 6.09. The molecule has 1 aliphatic heterocycles. The lowest BCUT2D eigenvalue weighted by Gasteiger charge is -2.35. The van der Waals surface area contributed by atoms with Gasteiger partial charge in [-0.2, -0.15) is 4.98 Å². The number of hydrogen-bond acceptors (Lipinski definition) is 7. The summed E-state index contributed by atoms with van der Waals surface area (Å²) in [4.78, 5) is 24.2. The number of piperazine rings is 1. The van der Waals surface area contributed by atoms with Gasteiger partial charge in [-0.3, -0.25) is 4.79 Å². The van der Waals surface area contributed by atoms with Gasteiger partial charge in [0.05, 0.1) is 16.8 Å². The van der Waals surface area contributed by atoms with Gasteiger partial charge in [0.2, 0.25) is 11.9 Å². The second-order valence-electron chi connectivity index (χ2n) is 7.99. The van der Waals surface area contributed by atoms with E-state index < -0.39 is 11.7 Å². The number of aromatic nitrogens is 2. The molecule has 4 N–H and O–H groups in total. The van der Waals surface area contributed by atoms with Gasteiger partial charge >= 0.3 is 0 Å². The molecule has 0 saturated carbocycles. The Hall–Kier alpha value is -3.43. The van der Waals surface area contributed by atoms with Crippen molar-refractivity contribution < 1.29 is 9.18 Å². The van der Waals surface area contributed by atoms with Crippen LogP contribution in [-0.4, -0.2) is 54.0 Å². The Balaban J connectivity index is 1.50. The number of likely N-dealkylation sites (N-methyl/N-ethyl adjacent to an activating group) is 1. The molecule has 0 atom stereocenters. The highest BCUT2D eigenvalue weighted by Crippen LogP contribution is 2.28. The normalized spacial score (nSPS) is 14.2. The van der Waals surface area contributed by atoms with E-state index in [0.717, 1.165) is 43.6 Å². The van der Waals surface area contributed by atoms with Crippen molar-refractivity contribution in [2.75, 3.05) is 48.8 Å². The first-order valence-corrected chi connectivity index (χ1v) is 10.9. The average Bonchev–Trinajstić information content (AvgIpc) is 2.77. The Kier molecular flexibility index (Phi) is 6.62. The van der Waals surface area contributed by atoms with Crippen molar-refractivity contribution in [1.29, 1.82) is 0 Å². The van der Waals surface area contributed by atoms with Gasteiger partial charge in [-0.05, 0) is 55.9 Å². The van der Waals surface area contributed by atoms with Crippen LogP contribution in [0, 0.1) is 12.7 Å². The molecule has 1 saturated heterocycles. The molecule has 0 aliphatic carbocycles. The number of nitrogens with two attached hydrogens (primary N) is 1. The summed E-state index contributed by atoms with van der Waals surface area (Å²) in [6, 6.07) is 10.6. The second kappa shape index (κ2) is 9.60. The molecule has 1 fully saturated rings. The standard InChI is InChI=1S/C23H25ClFN7O/c1-14-11-15(4-6-20(14)32-9-7-31(2)8-10-32)28-22-19(25)13-27-23(30-22)29-16-3-5-17(21(26)33)18(24)12-16/h3-6,11-13H,7-10H2,1-2H3,(H2,26,33)(H2,27,28,29,30). The minimum atomic E-state index is -0.620. The quantitative estimate of drug-likeness (QED) is 0.503. The Labute approximate surface area is 196 Å². The number of amides is 1. The van der Waals surface area contributed by atoms with E-state index in [-0.39, 0.29) is 22.4 Å². The zero-order valence-corrected chi connectivity index (χ0v) is 19.2. The van der Waals surface area contributed by atoms with Crippen LogP contribution in [0.4, 0.5) is 33.2 Å². The number of nitrogens with one attached hydrogen (secondary N) is 2. The minimum absolute atomic E-state index is 0.0408. The van der Waals surface area contributed by atoms with Crippen LogP contribution in [0.1, 0.15) is 15.9 Å². The van der Waals surface area contributed by atoms with Crippen LogP contribution in [-0.2, 0) is 0 Å². The van der Waals surface area contributed by atoms with E-state index in [1.807, 2.05) is 25.1 Å². The molecule has 33 heavy (non-hydrogen) atoms. The lowest BCUT2D eigenvalue weighted by atomic mass is 10.1. The van der Waals surface area contributed by atoms with Crippen molar-refractivity contribution in [3.05, 3.63) is 64.6 Å². The molecule has 2 heterocycles. The summed E-state index contributed by atoms with van der Waals surface area (Å²) in [6.07, 6.45) is 1.09. The SMILES string of the molecule is Cc1cc(Nc2nc(Nc3ccc(C(N)=O)c(Cl)c3)ncc2F)ccc1N1CCN(C)CC1. The van der Waals surface area contributed by atoms with Gasteiger partial charge in [0.25, 0.3) is 0 Å². The molecule has 0 spiro atoms. The number of benzene rings is 2. The van der Waals surface area contributed by atoms with Crippen LogP contribution in [0.3, 0.4) is 0 Å². The molecule has 3 aromatic rings. The monoisotopic (exact) mass is 469 g/mol. The molecule has 1 aliphatic rings. The summed E-state index contributed by atoms with van der Waals surface area (Å²) in [5.41, 5.74) is 9.02. The van der Waals surface area contributed by atoms with Crippen LogP contribution in [0.15, 0.2) is 42.6 Å². The van der Waals surface area contributed by atoms with Crippen LogP contribution in [0.5, 0.6) is 0 Å². The van der Waals surface area contributed by atoms with Gasteiger partial charge in [0.1, 0.15) is 0 Å². The summed E-state index contributed by atoms with van der Waals surface area (Å²) < 4.78 is 14.4. The smallest absolute Gasteiger partial charge is 0.250 e. The van der Waals surface area contributed by atoms with Crippen LogP contribution >= 0.6 is 11.6 Å². The number of halogens is 2. The Morgan fingerprint density at radius 1 is 1.09 bits per heavy atom. The molecule has 172 valence electrons. The molecule has 2 aromatic carbocycles. The predicted molar refractivity (Wildman–Crippen MR) is 129 cm³/mol. The van der Waals surface area contributed by atoms with Gasteiger partial charge in [-0.25, -0.2) is 9.37 Å². The van der Waals surface area contributed by atoms with Crippen molar-refractivity contribution in [2.24, 2.45) is 5.73 Å². The molecule has 8 nitrogen and oxygen atoms in total. The van der Waals surface area contributed by atoms with Crippen molar-refractivity contribution in [3.8, 4) is 0 Å². The maximum Gasteiger partial charge on any atom is 0.250 e. The van der Waals surface area contributed by atoms with Gasteiger partial charge < -0.3 is 26.2 Å². The van der Waals surface area contributed by atoms with E-state index in [4.69, 9.17) is 17.3 Å². The fourth-order valence-corrected chi connectivity index (χ4v) is 3.98. The number of anilines is 5. The van der Waals surface area contributed by atoms with Gasteiger partial charge in [0, 0.05) is 43.2 Å². The van der Waals surface area contributed by atoms with Crippen molar-refractivity contribution in [2.45, 2.75) is 6.92 Å². The highest BCUT2D eigenvalue weighted by molar-refractivity contribution is 6.34. The minimum Gasteiger partial charge on any atom is -0.369 e. The van der Waals surface area contributed by atoms with Gasteiger partial charge in [-0.15, -0.1) is 0 Å². The molecular weight excluding hydrogens is 445 g/mol. The molecule has 4 rings (SSSR count). The van der Waals surface area contributed by atoms with Crippen molar-refractivity contribution in [1.82, 2.24) is 14.9 Å². The third kappa shape index (κ3) is 5.32. The Morgan fingerprint density at radius 2 is 1.79 bits per heavy atom. The van der Waals surface area contributed by atoms with Crippen molar-refractivity contribution >= 4 is 46.3 Å². The van der Waals surface area contributed by atoms with E-state index >= 15 is 0 Å². The maximum absolute atomic E-state index is 14.4. The van der Waals surface area contributed by atoms with Crippen molar-refractivity contribution in [3.63, 3.8) is 0 Å². The average molecular weight is 470 g/mol. The fraction of sp³-hybridized carbons (Fsp3) is 0.261. The highest BCUT2D eigenvalue weighted by Gasteiger charge is 2.16. The number of rotatable bonds is 6. The Bertz CT molecular complexity index is 1180. The third-order valence-electron chi connectivity index (χ3n) is 5.54. The number of carbonyl (C=O) groups is 1. The zero-order valence-electron chi connectivity index (χ0n) is 18.4. The third-order valence-corrected chi connectivity index (χ3v) is 5.85. The molecule has 10 heteroatoms. The highest BCUT2D eigenvalue weighted by atomic mass is 35.5. The number of primary amides is 1. The number of aryl methyl sites for hydroxylation is 1. The molecule has 1 amide bonds. The first-order valence-electron chi connectivity index (χ1n) is 10.5. The maximum atomic E-state index is 14.4. The molecule has 0 bridgehead atoms. The van der Waals surface area contributed by atoms with Crippen LogP contribution in [0.2, 0.25) is 5.02 Å². The molecule has 0 radical (unpaired) electrons. The van der Waals surface area contributed by atoms with Gasteiger partial charge in [0.15, 0.2) is 11.6 Å². The second-order valence-corrected chi connectivity index (χ2v) is 8.40. The predicted octanol–water partition coefficient (Wildman–Crippen LogP) is 3.92. The Morgan fingerprint density at radius 3 is 2.45 bits per heavy atom. The van der Waals surface area contributed by atoms with E-state index in [9.17, 15) is 9.18 Å². The van der Waals surface area contributed by atoms with Gasteiger partial charge in [-0.1, -0.05) is 11.6 Å². The first-order chi connectivity index (χ1) is 15.8. The number of nitrogens with zero attached hydrogens (tertiary/aromatic N) is 4. The molecule has 1 aromatic heterocycles. The molecular formula is C23H25ClFN7O. The van der Waals surface area contributed by atoms with E-state index in [1.54, 1.807) is 6.07 Å². The fourth-order valence-electron chi connectivity index (χ4n) is 3.71. The van der Waals surface area contributed by atoms with Crippen LogP contribution in [0.25, 0.3) is 0 Å². The topological polar surface area (TPSA) is 99.4 Å². The van der Waals surface area contributed by atoms with E-state index in [0.29, 0.717) is 5.69 Å².